The second-order valence-electron chi connectivity index (χ2n) is 3.83. The van der Waals surface area contributed by atoms with Crippen molar-refractivity contribution in [2.75, 3.05) is 0 Å². The molecule has 94 valence electrons. The van der Waals surface area contributed by atoms with Crippen molar-refractivity contribution >= 4 is 11.5 Å². The molecule has 0 unspecified atom stereocenters. The number of rotatable bonds is 4. The predicted molar refractivity (Wildman–Crippen MR) is 61.4 cm³/mol. The molecule has 0 aromatic carbocycles. The topological polar surface area (TPSA) is 91.2 Å². The Hall–Kier alpha value is -2.44. The molecule has 0 bridgehead atoms. The Morgan fingerprint density at radius 2 is 2.28 bits per heavy atom. The maximum atomic E-state index is 11.8. The number of ketones is 1. The molecule has 0 radical (unpaired) electrons. The fourth-order valence-electron chi connectivity index (χ4n) is 1.76. The Bertz CT molecular complexity index is 598. The fraction of sp³-hybridized carbons (Fsp3) is 0.273. The third-order valence-electron chi connectivity index (χ3n) is 2.62. The van der Waals surface area contributed by atoms with Gasteiger partial charge in [-0.3, -0.25) is 19.6 Å². The highest BCUT2D eigenvalue weighted by Gasteiger charge is 2.23. The lowest BCUT2D eigenvalue weighted by Gasteiger charge is -2.00. The quantitative estimate of drug-likeness (QED) is 0.468. The van der Waals surface area contributed by atoms with Crippen LogP contribution in [0.15, 0.2) is 22.8 Å². The minimum absolute atomic E-state index is 0.0535. The number of aromatic nitrogens is 2. The van der Waals surface area contributed by atoms with Gasteiger partial charge in [-0.2, -0.15) is 5.10 Å². The van der Waals surface area contributed by atoms with Gasteiger partial charge in [-0.1, -0.05) is 0 Å². The summed E-state index contributed by atoms with van der Waals surface area (Å²) < 4.78 is 6.29. The van der Waals surface area contributed by atoms with Gasteiger partial charge in [0.2, 0.25) is 5.78 Å². The van der Waals surface area contributed by atoms with Crippen LogP contribution >= 0.6 is 0 Å². The summed E-state index contributed by atoms with van der Waals surface area (Å²) in [5.74, 6) is -0.0642. The third kappa shape index (κ3) is 2.02. The average molecular weight is 249 g/mol. The van der Waals surface area contributed by atoms with Crippen LogP contribution < -0.4 is 0 Å². The molecule has 2 heterocycles. The van der Waals surface area contributed by atoms with Gasteiger partial charge in [0.05, 0.1) is 11.2 Å². The maximum Gasteiger partial charge on any atom is 0.312 e. The van der Waals surface area contributed by atoms with Gasteiger partial charge >= 0.3 is 5.69 Å². The lowest BCUT2D eigenvalue weighted by Crippen LogP contribution is -2.12. The van der Waals surface area contributed by atoms with Crippen molar-refractivity contribution in [3.05, 3.63) is 45.7 Å². The summed E-state index contributed by atoms with van der Waals surface area (Å²) in [5, 5.41) is 14.8. The van der Waals surface area contributed by atoms with E-state index in [1.165, 1.54) is 10.9 Å². The largest absolute Gasteiger partial charge is 0.461 e. The highest BCUT2D eigenvalue weighted by atomic mass is 16.6. The van der Waals surface area contributed by atoms with Gasteiger partial charge < -0.3 is 4.42 Å². The maximum absolute atomic E-state index is 11.8. The van der Waals surface area contributed by atoms with E-state index in [2.05, 4.69) is 5.10 Å². The van der Waals surface area contributed by atoms with Gasteiger partial charge in [-0.05, 0) is 26.0 Å². The van der Waals surface area contributed by atoms with Crippen LogP contribution in [0, 0.1) is 24.0 Å². The Morgan fingerprint density at radius 3 is 2.78 bits per heavy atom. The number of nitrogens with zero attached hydrogens (tertiary/aromatic N) is 3. The van der Waals surface area contributed by atoms with E-state index in [1.54, 1.807) is 26.0 Å². The van der Waals surface area contributed by atoms with Gasteiger partial charge in [0.1, 0.15) is 17.9 Å². The summed E-state index contributed by atoms with van der Waals surface area (Å²) in [6.07, 6.45) is 1.40. The van der Waals surface area contributed by atoms with Crippen LogP contribution in [-0.2, 0) is 6.54 Å². The first kappa shape index (κ1) is 12.0. The molecular weight excluding hydrogens is 238 g/mol. The first-order valence-electron chi connectivity index (χ1n) is 5.26. The summed E-state index contributed by atoms with van der Waals surface area (Å²) >= 11 is 0. The number of nitro groups is 1. The Balaban J connectivity index is 2.28. The molecule has 7 nitrogen and oxygen atoms in total. The number of aryl methyl sites for hydroxylation is 1. The molecule has 7 heteroatoms. The summed E-state index contributed by atoms with van der Waals surface area (Å²) in [4.78, 5) is 22.1. The predicted octanol–water partition coefficient (Wildman–Crippen LogP) is 1.88. The van der Waals surface area contributed by atoms with Crippen LogP contribution in [-0.4, -0.2) is 20.5 Å². The minimum Gasteiger partial charge on any atom is -0.461 e. The van der Waals surface area contributed by atoms with E-state index >= 15 is 0 Å². The standard InChI is InChI=1S/C11H11N3O4/c1-7-11(14(16)17)8(2)13(12-7)6-9(15)10-4-3-5-18-10/h3-5H,6H2,1-2H3. The van der Waals surface area contributed by atoms with Crippen molar-refractivity contribution in [3.63, 3.8) is 0 Å². The van der Waals surface area contributed by atoms with Gasteiger partial charge in [-0.15, -0.1) is 0 Å². The number of hydrogen-bond donors (Lipinski definition) is 0. The third-order valence-corrected chi connectivity index (χ3v) is 2.62. The molecule has 0 aliphatic carbocycles. The normalized spacial score (nSPS) is 10.6. The Kier molecular flexibility index (Phi) is 2.97. The molecule has 0 atom stereocenters. The first-order valence-corrected chi connectivity index (χ1v) is 5.26. The molecule has 2 rings (SSSR count). The Labute approximate surface area is 102 Å². The SMILES string of the molecule is Cc1nn(CC(=O)c2ccco2)c(C)c1[N+](=O)[O-]. The van der Waals surface area contributed by atoms with Crippen molar-refractivity contribution in [2.45, 2.75) is 20.4 Å². The molecule has 0 aliphatic rings. The molecule has 0 aliphatic heterocycles. The van der Waals surface area contributed by atoms with Gasteiger partial charge in [0.25, 0.3) is 0 Å². The zero-order valence-electron chi connectivity index (χ0n) is 9.91. The zero-order valence-corrected chi connectivity index (χ0v) is 9.91. The molecule has 0 N–H and O–H groups in total. The minimum atomic E-state index is -0.495. The van der Waals surface area contributed by atoms with Crippen molar-refractivity contribution in [2.24, 2.45) is 0 Å². The number of Topliss-reactive ketones (excluding diaryl/α,β-unsaturated/α-hetero) is 1. The second-order valence-corrected chi connectivity index (χ2v) is 3.83. The summed E-state index contributed by atoms with van der Waals surface area (Å²) in [6.45, 7) is 3.03. The van der Waals surface area contributed by atoms with Gasteiger partial charge in [0.15, 0.2) is 5.76 Å². The van der Waals surface area contributed by atoms with Crippen LogP contribution in [0.25, 0.3) is 0 Å². The number of carbonyl (C=O) groups excluding carboxylic acids is 1. The van der Waals surface area contributed by atoms with E-state index in [9.17, 15) is 14.9 Å². The smallest absolute Gasteiger partial charge is 0.312 e. The summed E-state index contributed by atoms with van der Waals surface area (Å²) in [6, 6.07) is 3.15. The number of carbonyl (C=O) groups is 1. The van der Waals surface area contributed by atoms with Crippen molar-refractivity contribution < 1.29 is 14.1 Å². The molecule has 18 heavy (non-hydrogen) atoms. The number of hydrogen-bond acceptors (Lipinski definition) is 5. The van der Waals surface area contributed by atoms with Crippen LogP contribution in [0.2, 0.25) is 0 Å². The van der Waals surface area contributed by atoms with Gasteiger partial charge in [0, 0.05) is 0 Å². The van der Waals surface area contributed by atoms with Crippen LogP contribution in [0.1, 0.15) is 21.9 Å². The van der Waals surface area contributed by atoms with E-state index < -0.39 is 4.92 Å². The molecule has 0 fully saturated rings. The highest BCUT2D eigenvalue weighted by molar-refractivity contribution is 5.93. The monoisotopic (exact) mass is 249 g/mol. The van der Waals surface area contributed by atoms with Crippen LogP contribution in [0.3, 0.4) is 0 Å². The first-order chi connectivity index (χ1) is 8.50. The molecule has 0 saturated heterocycles. The van der Waals surface area contributed by atoms with E-state index in [0.29, 0.717) is 11.4 Å². The fourth-order valence-corrected chi connectivity index (χ4v) is 1.76. The molecular formula is C11H11N3O4. The molecule has 2 aromatic rings. The van der Waals surface area contributed by atoms with Crippen LogP contribution in [0.4, 0.5) is 5.69 Å². The van der Waals surface area contributed by atoms with Crippen LogP contribution in [0.5, 0.6) is 0 Å². The molecule has 2 aromatic heterocycles. The molecule has 0 amide bonds. The highest BCUT2D eigenvalue weighted by Crippen LogP contribution is 2.21. The second kappa shape index (κ2) is 4.44. The van der Waals surface area contributed by atoms with Crippen molar-refractivity contribution in [3.8, 4) is 0 Å². The summed E-state index contributed by atoms with van der Waals surface area (Å²) in [5.41, 5.74) is 0.601. The van der Waals surface area contributed by atoms with E-state index in [4.69, 9.17) is 4.42 Å². The van der Waals surface area contributed by atoms with E-state index in [-0.39, 0.29) is 23.8 Å². The van der Waals surface area contributed by atoms with E-state index in [0.717, 1.165) is 0 Å². The van der Waals surface area contributed by atoms with Crippen molar-refractivity contribution in [1.29, 1.82) is 0 Å². The lowest BCUT2D eigenvalue weighted by atomic mass is 10.3. The Morgan fingerprint density at radius 1 is 1.56 bits per heavy atom. The zero-order chi connectivity index (χ0) is 13.3. The summed E-state index contributed by atoms with van der Waals surface area (Å²) in [7, 11) is 0. The average Bonchev–Trinajstić information content (AvgIpc) is 2.88. The molecule has 0 spiro atoms. The van der Waals surface area contributed by atoms with Gasteiger partial charge in [-0.25, -0.2) is 0 Å². The number of furan rings is 1. The lowest BCUT2D eigenvalue weighted by molar-refractivity contribution is -0.386. The van der Waals surface area contributed by atoms with E-state index in [1.807, 2.05) is 0 Å². The van der Waals surface area contributed by atoms with Crippen molar-refractivity contribution in [1.82, 2.24) is 9.78 Å². The molecule has 0 saturated carbocycles.